The lowest BCUT2D eigenvalue weighted by Gasteiger charge is -2.06. The van der Waals surface area contributed by atoms with Crippen LogP contribution in [0.5, 0.6) is 5.75 Å². The van der Waals surface area contributed by atoms with E-state index in [9.17, 15) is 9.90 Å². The van der Waals surface area contributed by atoms with Crippen LogP contribution in [-0.2, 0) is 0 Å². The summed E-state index contributed by atoms with van der Waals surface area (Å²) >= 11 is 3.41. The molecule has 2 aromatic rings. The number of carbonyl (C=O) groups is 1. The molecule has 5 heteroatoms. The lowest BCUT2D eigenvalue weighted by atomic mass is 10.1. The van der Waals surface area contributed by atoms with E-state index in [1.54, 1.807) is 18.2 Å². The Hall–Kier alpha value is -2.14. The Morgan fingerprint density at radius 2 is 2.00 bits per heavy atom. The Bertz CT molecular complexity index is 683. The van der Waals surface area contributed by atoms with E-state index in [1.165, 1.54) is 6.07 Å². The molecule has 0 unspecified atom stereocenters. The number of para-hydroxylation sites is 1. The smallest absolute Gasteiger partial charge is 0.275 e. The minimum Gasteiger partial charge on any atom is -0.507 e. The topological polar surface area (TPSA) is 61.7 Å². The Balaban J connectivity index is 2.19. The van der Waals surface area contributed by atoms with E-state index in [2.05, 4.69) is 26.5 Å². The number of hydrogen-bond acceptors (Lipinski definition) is 3. The standard InChI is InChI=1S/C16H15BrN2O2/c1-2-14(11-6-5-7-12(17)10-11)18-19-16(21)13-8-3-4-9-15(13)20/h3-10,20H,2H2,1H3,(H,19,21)/b18-14-. The Morgan fingerprint density at radius 3 is 2.67 bits per heavy atom. The summed E-state index contributed by atoms with van der Waals surface area (Å²) in [6.07, 6.45) is 0.678. The number of benzene rings is 2. The molecule has 0 atom stereocenters. The van der Waals surface area contributed by atoms with Crippen LogP contribution in [0.4, 0.5) is 0 Å². The first-order valence-electron chi connectivity index (χ1n) is 6.52. The van der Waals surface area contributed by atoms with Gasteiger partial charge in [0, 0.05) is 4.47 Å². The molecule has 0 aliphatic rings. The zero-order chi connectivity index (χ0) is 15.2. The predicted molar refractivity (Wildman–Crippen MR) is 86.5 cm³/mol. The van der Waals surface area contributed by atoms with Crippen LogP contribution in [0.3, 0.4) is 0 Å². The molecule has 0 saturated heterocycles. The third-order valence-corrected chi connectivity index (χ3v) is 3.43. The van der Waals surface area contributed by atoms with E-state index in [-0.39, 0.29) is 11.3 Å². The van der Waals surface area contributed by atoms with Crippen LogP contribution < -0.4 is 5.43 Å². The second-order valence-corrected chi connectivity index (χ2v) is 5.30. The third kappa shape index (κ3) is 3.92. The average molecular weight is 347 g/mol. The zero-order valence-electron chi connectivity index (χ0n) is 11.5. The molecule has 0 aromatic heterocycles. The number of phenolic OH excluding ortho intramolecular Hbond substituents is 1. The van der Waals surface area contributed by atoms with Crippen molar-refractivity contribution < 1.29 is 9.90 Å². The molecule has 2 rings (SSSR count). The molecular weight excluding hydrogens is 332 g/mol. The molecule has 0 aliphatic carbocycles. The van der Waals surface area contributed by atoms with Gasteiger partial charge in [-0.2, -0.15) is 5.10 Å². The molecule has 108 valence electrons. The highest BCUT2D eigenvalue weighted by molar-refractivity contribution is 9.10. The van der Waals surface area contributed by atoms with Gasteiger partial charge in [-0.1, -0.05) is 47.1 Å². The summed E-state index contributed by atoms with van der Waals surface area (Å²) in [5, 5.41) is 13.8. The quantitative estimate of drug-likeness (QED) is 0.654. The first-order chi connectivity index (χ1) is 10.1. The number of phenols is 1. The number of hydrazone groups is 1. The Labute approximate surface area is 131 Å². The maximum atomic E-state index is 12.0. The molecule has 0 heterocycles. The number of aromatic hydroxyl groups is 1. The fraction of sp³-hybridized carbons (Fsp3) is 0.125. The van der Waals surface area contributed by atoms with Gasteiger partial charge in [0.25, 0.3) is 5.91 Å². The van der Waals surface area contributed by atoms with E-state index in [0.29, 0.717) is 6.42 Å². The van der Waals surface area contributed by atoms with Gasteiger partial charge in [0.15, 0.2) is 0 Å². The van der Waals surface area contributed by atoms with Crippen molar-refractivity contribution in [2.45, 2.75) is 13.3 Å². The highest BCUT2D eigenvalue weighted by Crippen LogP contribution is 2.16. The van der Waals surface area contributed by atoms with Crippen LogP contribution in [0.15, 0.2) is 58.1 Å². The van der Waals surface area contributed by atoms with E-state index < -0.39 is 5.91 Å². The molecule has 0 saturated carbocycles. The monoisotopic (exact) mass is 346 g/mol. The van der Waals surface area contributed by atoms with Gasteiger partial charge in [-0.15, -0.1) is 0 Å². The van der Waals surface area contributed by atoms with Crippen LogP contribution in [0.25, 0.3) is 0 Å². The van der Waals surface area contributed by atoms with Gasteiger partial charge >= 0.3 is 0 Å². The van der Waals surface area contributed by atoms with Crippen LogP contribution in [0.1, 0.15) is 29.3 Å². The summed E-state index contributed by atoms with van der Waals surface area (Å²) in [7, 11) is 0. The van der Waals surface area contributed by atoms with Crippen molar-refractivity contribution in [3.63, 3.8) is 0 Å². The summed E-state index contributed by atoms with van der Waals surface area (Å²) in [5.41, 5.74) is 4.38. The number of nitrogens with zero attached hydrogens (tertiary/aromatic N) is 1. The highest BCUT2D eigenvalue weighted by atomic mass is 79.9. The van der Waals surface area contributed by atoms with Crippen molar-refractivity contribution in [2.24, 2.45) is 5.10 Å². The van der Waals surface area contributed by atoms with Crippen molar-refractivity contribution in [2.75, 3.05) is 0 Å². The summed E-state index contributed by atoms with van der Waals surface area (Å²) in [6, 6.07) is 14.1. The zero-order valence-corrected chi connectivity index (χ0v) is 13.1. The molecule has 0 fully saturated rings. The molecule has 0 aliphatic heterocycles. The van der Waals surface area contributed by atoms with Crippen LogP contribution in [0.2, 0.25) is 0 Å². The first-order valence-corrected chi connectivity index (χ1v) is 7.32. The molecule has 0 radical (unpaired) electrons. The normalized spacial score (nSPS) is 11.2. The molecule has 2 aromatic carbocycles. The first kappa shape index (κ1) is 15.3. The van der Waals surface area contributed by atoms with Crippen molar-refractivity contribution in [1.29, 1.82) is 0 Å². The number of halogens is 1. The lowest BCUT2D eigenvalue weighted by Crippen LogP contribution is -2.20. The van der Waals surface area contributed by atoms with Crippen LogP contribution in [0, 0.1) is 0 Å². The minimum absolute atomic E-state index is 0.0642. The highest BCUT2D eigenvalue weighted by Gasteiger charge is 2.10. The molecule has 21 heavy (non-hydrogen) atoms. The number of hydrogen-bond donors (Lipinski definition) is 2. The molecular formula is C16H15BrN2O2. The maximum Gasteiger partial charge on any atom is 0.275 e. The summed E-state index contributed by atoms with van der Waals surface area (Å²) in [5.74, 6) is -0.500. The number of carbonyl (C=O) groups excluding carboxylic acids is 1. The Morgan fingerprint density at radius 1 is 1.24 bits per heavy atom. The number of amides is 1. The van der Waals surface area contributed by atoms with Crippen molar-refractivity contribution in [3.05, 3.63) is 64.1 Å². The summed E-state index contributed by atoms with van der Waals surface area (Å²) in [4.78, 5) is 12.0. The molecule has 0 bridgehead atoms. The number of nitrogens with one attached hydrogen (secondary N) is 1. The molecule has 1 amide bonds. The number of rotatable bonds is 4. The predicted octanol–water partition coefficient (Wildman–Crippen LogP) is 3.70. The van der Waals surface area contributed by atoms with Crippen molar-refractivity contribution in [1.82, 2.24) is 5.43 Å². The van der Waals surface area contributed by atoms with Gasteiger partial charge < -0.3 is 5.11 Å². The maximum absolute atomic E-state index is 12.0. The summed E-state index contributed by atoms with van der Waals surface area (Å²) in [6.45, 7) is 1.96. The van der Waals surface area contributed by atoms with Gasteiger partial charge in [0.1, 0.15) is 5.75 Å². The van der Waals surface area contributed by atoms with Gasteiger partial charge in [0.2, 0.25) is 0 Å². The SMILES string of the molecule is CC/C(=N/NC(=O)c1ccccc1O)c1cccc(Br)c1. The van der Waals surface area contributed by atoms with Gasteiger partial charge in [0.05, 0.1) is 11.3 Å². The van der Waals surface area contributed by atoms with E-state index in [4.69, 9.17) is 0 Å². The summed E-state index contributed by atoms with van der Waals surface area (Å²) < 4.78 is 0.952. The van der Waals surface area contributed by atoms with Crippen molar-refractivity contribution in [3.8, 4) is 5.75 Å². The van der Waals surface area contributed by atoms with E-state index >= 15 is 0 Å². The van der Waals surface area contributed by atoms with Crippen LogP contribution >= 0.6 is 15.9 Å². The third-order valence-electron chi connectivity index (χ3n) is 2.93. The van der Waals surface area contributed by atoms with Gasteiger partial charge in [-0.25, -0.2) is 5.43 Å². The minimum atomic E-state index is -0.436. The molecule has 0 spiro atoms. The fourth-order valence-corrected chi connectivity index (χ4v) is 2.26. The van der Waals surface area contributed by atoms with Gasteiger partial charge in [-0.05, 0) is 36.2 Å². The lowest BCUT2D eigenvalue weighted by molar-refractivity contribution is 0.0952. The van der Waals surface area contributed by atoms with Crippen molar-refractivity contribution >= 4 is 27.5 Å². The second kappa shape index (κ2) is 7.04. The Kier molecular flexibility index (Phi) is 5.11. The van der Waals surface area contributed by atoms with E-state index in [1.807, 2.05) is 31.2 Å². The van der Waals surface area contributed by atoms with Crippen LogP contribution in [-0.4, -0.2) is 16.7 Å². The molecule has 4 nitrogen and oxygen atoms in total. The van der Waals surface area contributed by atoms with E-state index in [0.717, 1.165) is 15.7 Å². The fourth-order valence-electron chi connectivity index (χ4n) is 1.86. The molecule has 2 N–H and O–H groups in total. The largest absolute Gasteiger partial charge is 0.507 e. The second-order valence-electron chi connectivity index (χ2n) is 4.38. The average Bonchev–Trinajstić information content (AvgIpc) is 2.48. The van der Waals surface area contributed by atoms with Gasteiger partial charge in [-0.3, -0.25) is 4.79 Å².